The summed E-state index contributed by atoms with van der Waals surface area (Å²) in [6, 6.07) is 4.15. The largest absolute Gasteiger partial charge is 0.481 e. The average Bonchev–Trinajstić information content (AvgIpc) is 2.89. The van der Waals surface area contributed by atoms with Gasteiger partial charge in [0.2, 0.25) is 0 Å². The van der Waals surface area contributed by atoms with E-state index in [1.54, 1.807) is 6.07 Å². The number of carbonyl (C=O) groups is 1. The number of hydrogen-bond acceptors (Lipinski definition) is 3. The van der Waals surface area contributed by atoms with Crippen molar-refractivity contribution in [3.05, 3.63) is 34.6 Å². The van der Waals surface area contributed by atoms with Crippen LogP contribution in [0, 0.1) is 11.7 Å². The zero-order chi connectivity index (χ0) is 14.7. The second kappa shape index (κ2) is 6.52. The molecule has 1 fully saturated rings. The lowest BCUT2D eigenvalue weighted by molar-refractivity contribution is -0.143. The summed E-state index contributed by atoms with van der Waals surface area (Å²) < 4.78 is 19.0. The van der Waals surface area contributed by atoms with Gasteiger partial charge in [0.25, 0.3) is 0 Å². The number of hydrogen-bond donors (Lipinski definition) is 1. The van der Waals surface area contributed by atoms with Gasteiger partial charge in [0.1, 0.15) is 5.82 Å². The summed E-state index contributed by atoms with van der Waals surface area (Å²) in [7, 11) is 0. The molecule has 0 aromatic heterocycles. The first kappa shape index (κ1) is 15.2. The first-order valence-electron chi connectivity index (χ1n) is 6.51. The highest BCUT2D eigenvalue weighted by molar-refractivity contribution is 6.30. The number of benzene rings is 1. The van der Waals surface area contributed by atoms with Crippen molar-refractivity contribution in [2.75, 3.05) is 19.8 Å². The molecule has 0 saturated carbocycles. The molecule has 0 bridgehead atoms. The highest BCUT2D eigenvalue weighted by Crippen LogP contribution is 2.23. The second-order valence-electron chi connectivity index (χ2n) is 4.85. The Morgan fingerprint density at radius 2 is 2.30 bits per heavy atom. The Morgan fingerprint density at radius 3 is 2.95 bits per heavy atom. The van der Waals surface area contributed by atoms with E-state index in [1.165, 1.54) is 12.1 Å². The Bertz CT molecular complexity index is 497. The lowest BCUT2D eigenvalue weighted by Crippen LogP contribution is -2.42. The van der Waals surface area contributed by atoms with Gasteiger partial charge in [-0.2, -0.15) is 0 Å². The van der Waals surface area contributed by atoms with Gasteiger partial charge in [-0.25, -0.2) is 4.39 Å². The summed E-state index contributed by atoms with van der Waals surface area (Å²) in [4.78, 5) is 13.1. The molecule has 1 heterocycles. The lowest BCUT2D eigenvalue weighted by atomic mass is 10.0. The predicted molar refractivity (Wildman–Crippen MR) is 73.2 cm³/mol. The molecule has 1 aliphatic rings. The van der Waals surface area contributed by atoms with Crippen LogP contribution in [0.1, 0.15) is 12.5 Å². The van der Waals surface area contributed by atoms with E-state index in [-0.39, 0.29) is 18.5 Å². The van der Waals surface area contributed by atoms with Gasteiger partial charge in [-0.3, -0.25) is 9.69 Å². The van der Waals surface area contributed by atoms with Crippen LogP contribution in [0.25, 0.3) is 0 Å². The van der Waals surface area contributed by atoms with E-state index in [4.69, 9.17) is 16.3 Å². The van der Waals surface area contributed by atoms with Gasteiger partial charge < -0.3 is 9.84 Å². The van der Waals surface area contributed by atoms with Crippen LogP contribution >= 0.6 is 11.6 Å². The minimum absolute atomic E-state index is 0.203. The molecule has 4 nitrogen and oxygen atoms in total. The van der Waals surface area contributed by atoms with Gasteiger partial charge in [0.15, 0.2) is 0 Å². The molecule has 20 heavy (non-hydrogen) atoms. The molecule has 2 unspecified atom stereocenters. The van der Waals surface area contributed by atoms with Crippen molar-refractivity contribution in [1.29, 1.82) is 0 Å². The average molecular weight is 302 g/mol. The SMILES string of the molecule is CCN(Cc1cc(Cl)ccc1F)C1COCC1C(=O)O. The van der Waals surface area contributed by atoms with Crippen molar-refractivity contribution in [3.8, 4) is 0 Å². The topological polar surface area (TPSA) is 49.8 Å². The summed E-state index contributed by atoms with van der Waals surface area (Å²) >= 11 is 5.88. The van der Waals surface area contributed by atoms with E-state index < -0.39 is 11.9 Å². The Balaban J connectivity index is 2.16. The van der Waals surface area contributed by atoms with Crippen LogP contribution in [0.4, 0.5) is 4.39 Å². The van der Waals surface area contributed by atoms with Crippen LogP contribution in [-0.4, -0.2) is 41.8 Å². The van der Waals surface area contributed by atoms with Crippen LogP contribution < -0.4 is 0 Å². The highest BCUT2D eigenvalue weighted by Gasteiger charge is 2.37. The molecule has 1 saturated heterocycles. The van der Waals surface area contributed by atoms with Crippen LogP contribution in [-0.2, 0) is 16.1 Å². The Hall–Kier alpha value is -1.17. The fourth-order valence-electron chi connectivity index (χ4n) is 2.49. The summed E-state index contributed by atoms with van der Waals surface area (Å²) in [5.74, 6) is -1.78. The number of ether oxygens (including phenoxy) is 1. The predicted octanol–water partition coefficient (Wildman–Crippen LogP) is 2.40. The summed E-state index contributed by atoms with van der Waals surface area (Å²) in [6.45, 7) is 3.41. The minimum atomic E-state index is -0.877. The van der Waals surface area contributed by atoms with Crippen molar-refractivity contribution >= 4 is 17.6 Å². The van der Waals surface area contributed by atoms with Gasteiger partial charge >= 0.3 is 5.97 Å². The standard InChI is InChI=1S/C14H17ClFNO3/c1-2-17(13-8-20-7-11(13)14(18)19)6-9-5-10(15)3-4-12(9)16/h3-5,11,13H,2,6-8H2,1H3,(H,18,19). The van der Waals surface area contributed by atoms with Crippen molar-refractivity contribution < 1.29 is 19.0 Å². The van der Waals surface area contributed by atoms with Crippen molar-refractivity contribution in [1.82, 2.24) is 4.90 Å². The van der Waals surface area contributed by atoms with Gasteiger partial charge in [-0.15, -0.1) is 0 Å². The van der Waals surface area contributed by atoms with Crippen molar-refractivity contribution in [2.24, 2.45) is 5.92 Å². The van der Waals surface area contributed by atoms with E-state index in [0.29, 0.717) is 30.3 Å². The molecule has 6 heteroatoms. The van der Waals surface area contributed by atoms with Crippen LogP contribution in [0.5, 0.6) is 0 Å². The third-order valence-corrected chi connectivity index (χ3v) is 3.86. The highest BCUT2D eigenvalue weighted by atomic mass is 35.5. The second-order valence-corrected chi connectivity index (χ2v) is 5.28. The molecule has 1 aliphatic heterocycles. The quantitative estimate of drug-likeness (QED) is 0.907. The van der Waals surface area contributed by atoms with E-state index in [0.717, 1.165) is 0 Å². The number of carboxylic acids is 1. The molecule has 110 valence electrons. The fraction of sp³-hybridized carbons (Fsp3) is 0.500. The molecule has 1 N–H and O–H groups in total. The maximum absolute atomic E-state index is 13.8. The zero-order valence-corrected chi connectivity index (χ0v) is 11.9. The van der Waals surface area contributed by atoms with Gasteiger partial charge in [-0.1, -0.05) is 18.5 Å². The summed E-state index contributed by atoms with van der Waals surface area (Å²) in [5, 5.41) is 9.66. The first-order chi connectivity index (χ1) is 9.52. The monoisotopic (exact) mass is 301 g/mol. The number of halogens is 2. The van der Waals surface area contributed by atoms with Crippen LogP contribution in [0.15, 0.2) is 18.2 Å². The van der Waals surface area contributed by atoms with E-state index >= 15 is 0 Å². The maximum atomic E-state index is 13.8. The molecule has 0 radical (unpaired) electrons. The van der Waals surface area contributed by atoms with E-state index in [9.17, 15) is 14.3 Å². The molecule has 0 aliphatic carbocycles. The number of rotatable bonds is 5. The maximum Gasteiger partial charge on any atom is 0.310 e. The van der Waals surface area contributed by atoms with Crippen LogP contribution in [0.3, 0.4) is 0 Å². The normalized spacial score (nSPS) is 22.4. The number of aliphatic carboxylic acids is 1. The Kier molecular flexibility index (Phi) is 4.96. The summed E-state index contributed by atoms with van der Waals surface area (Å²) in [6.07, 6.45) is 0. The van der Waals surface area contributed by atoms with Gasteiger partial charge in [0.05, 0.1) is 19.1 Å². The number of likely N-dealkylation sites (N-methyl/N-ethyl adjacent to an activating group) is 1. The number of nitrogens with zero attached hydrogens (tertiary/aromatic N) is 1. The summed E-state index contributed by atoms with van der Waals surface area (Å²) in [5.41, 5.74) is 0.468. The van der Waals surface area contributed by atoms with E-state index in [2.05, 4.69) is 0 Å². The third kappa shape index (κ3) is 3.29. The van der Waals surface area contributed by atoms with Crippen molar-refractivity contribution in [2.45, 2.75) is 19.5 Å². The molecule has 0 spiro atoms. The Morgan fingerprint density at radius 1 is 1.55 bits per heavy atom. The third-order valence-electron chi connectivity index (χ3n) is 3.62. The first-order valence-corrected chi connectivity index (χ1v) is 6.89. The smallest absolute Gasteiger partial charge is 0.310 e. The molecule has 0 amide bonds. The molecule has 2 atom stereocenters. The number of carboxylic acid groups (broad SMARTS) is 1. The van der Waals surface area contributed by atoms with Gasteiger partial charge in [0, 0.05) is 23.2 Å². The molecule has 1 aromatic rings. The Labute approximate surface area is 122 Å². The lowest BCUT2D eigenvalue weighted by Gasteiger charge is -2.29. The molecule has 1 aromatic carbocycles. The molecular formula is C14H17ClFNO3. The fourth-order valence-corrected chi connectivity index (χ4v) is 2.68. The minimum Gasteiger partial charge on any atom is -0.481 e. The van der Waals surface area contributed by atoms with E-state index in [1.807, 2.05) is 11.8 Å². The molecule has 2 rings (SSSR count). The van der Waals surface area contributed by atoms with Gasteiger partial charge in [-0.05, 0) is 24.7 Å². The zero-order valence-electron chi connectivity index (χ0n) is 11.2. The van der Waals surface area contributed by atoms with Crippen LogP contribution in [0.2, 0.25) is 5.02 Å². The van der Waals surface area contributed by atoms with Crippen molar-refractivity contribution in [3.63, 3.8) is 0 Å². The molecular weight excluding hydrogens is 285 g/mol.